The Balaban J connectivity index is 0. The van der Waals surface area contributed by atoms with Crippen LogP contribution in [-0.4, -0.2) is 49.6 Å². The van der Waals surface area contributed by atoms with Gasteiger partial charge in [-0.3, -0.25) is 0 Å². The molecule has 0 spiro atoms. The van der Waals surface area contributed by atoms with Crippen molar-refractivity contribution in [3.63, 3.8) is 0 Å². The van der Waals surface area contributed by atoms with Crippen molar-refractivity contribution in [3.8, 4) is 0 Å². The summed E-state index contributed by atoms with van der Waals surface area (Å²) in [6.07, 6.45) is 5.25. The summed E-state index contributed by atoms with van der Waals surface area (Å²) in [7, 11) is 2.19. The topological polar surface area (TPSA) is 6.48 Å². The largest absolute Gasteiger partial charge is 0.304 e. The van der Waals surface area contributed by atoms with E-state index in [1.165, 1.54) is 39.1 Å². The molecule has 0 saturated carbocycles. The van der Waals surface area contributed by atoms with Crippen LogP contribution >= 0.6 is 0 Å². The first kappa shape index (κ1) is 18.0. The first-order chi connectivity index (χ1) is 7.65. The lowest BCUT2D eigenvalue weighted by Crippen LogP contribution is -2.44. The fourth-order valence-electron chi connectivity index (χ4n) is 1.16. The lowest BCUT2D eigenvalue weighted by Gasteiger charge is -2.31. The predicted octanol–water partition coefficient (Wildman–Crippen LogP) is 3.25. The highest BCUT2D eigenvalue weighted by atomic mass is 15.2. The normalized spacial score (nSPS) is 17.4. The van der Waals surface area contributed by atoms with E-state index < -0.39 is 0 Å². The monoisotopic (exact) mass is 228 g/mol. The molecule has 16 heavy (non-hydrogen) atoms. The average molecular weight is 228 g/mol. The summed E-state index contributed by atoms with van der Waals surface area (Å²) >= 11 is 0. The molecule has 0 aromatic carbocycles. The number of hydrogen-bond acceptors (Lipinski definition) is 2. The van der Waals surface area contributed by atoms with Gasteiger partial charge in [0.15, 0.2) is 0 Å². The minimum absolute atomic E-state index is 1.22. The zero-order valence-corrected chi connectivity index (χ0v) is 12.3. The molecule has 1 aliphatic heterocycles. The lowest BCUT2D eigenvalue weighted by atomic mass is 10.3. The maximum Gasteiger partial charge on any atom is 0.0110 e. The molecular weight excluding hydrogens is 196 g/mol. The SMILES string of the molecule is C/C=C/C.CCC.CCN1CCN(C)CC1. The minimum Gasteiger partial charge on any atom is -0.304 e. The molecule has 0 aromatic heterocycles. The van der Waals surface area contributed by atoms with Gasteiger partial charge < -0.3 is 9.80 Å². The molecule has 2 nitrogen and oxygen atoms in total. The molecule has 0 bridgehead atoms. The molecule has 0 aromatic rings. The van der Waals surface area contributed by atoms with Crippen molar-refractivity contribution in [1.82, 2.24) is 9.80 Å². The first-order valence-electron chi connectivity index (χ1n) is 6.64. The Morgan fingerprint density at radius 2 is 1.25 bits per heavy atom. The highest BCUT2D eigenvalue weighted by molar-refractivity contribution is 4.68. The van der Waals surface area contributed by atoms with E-state index in [1.807, 2.05) is 26.0 Å². The third-order valence-corrected chi connectivity index (χ3v) is 2.38. The number of allylic oxidation sites excluding steroid dienone is 2. The minimum atomic E-state index is 1.22. The van der Waals surface area contributed by atoms with Gasteiger partial charge in [-0.2, -0.15) is 0 Å². The molecular formula is C14H32N2. The van der Waals surface area contributed by atoms with Crippen molar-refractivity contribution in [2.75, 3.05) is 39.8 Å². The van der Waals surface area contributed by atoms with E-state index >= 15 is 0 Å². The van der Waals surface area contributed by atoms with E-state index in [0.29, 0.717) is 0 Å². The molecule has 1 rings (SSSR count). The van der Waals surface area contributed by atoms with Gasteiger partial charge in [0, 0.05) is 26.2 Å². The quantitative estimate of drug-likeness (QED) is 0.636. The molecule has 0 atom stereocenters. The second kappa shape index (κ2) is 14.7. The maximum absolute atomic E-state index is 2.49. The molecule has 0 unspecified atom stereocenters. The van der Waals surface area contributed by atoms with Crippen molar-refractivity contribution >= 4 is 0 Å². The van der Waals surface area contributed by atoms with Crippen molar-refractivity contribution in [2.45, 2.75) is 41.0 Å². The molecule has 1 heterocycles. The van der Waals surface area contributed by atoms with Crippen LogP contribution in [0.15, 0.2) is 12.2 Å². The second-order valence-corrected chi connectivity index (χ2v) is 4.11. The third-order valence-electron chi connectivity index (χ3n) is 2.38. The van der Waals surface area contributed by atoms with Gasteiger partial charge in [-0.25, -0.2) is 0 Å². The zero-order chi connectivity index (χ0) is 12.8. The summed E-state index contributed by atoms with van der Waals surface area (Å²) in [5, 5.41) is 0. The van der Waals surface area contributed by atoms with Crippen LogP contribution in [0.4, 0.5) is 0 Å². The molecule has 0 amide bonds. The van der Waals surface area contributed by atoms with Gasteiger partial charge in [0.1, 0.15) is 0 Å². The van der Waals surface area contributed by atoms with E-state index in [1.54, 1.807) is 0 Å². The summed E-state index contributed by atoms with van der Waals surface area (Å²) in [5.41, 5.74) is 0. The second-order valence-electron chi connectivity index (χ2n) is 4.11. The summed E-state index contributed by atoms with van der Waals surface area (Å²) < 4.78 is 0. The lowest BCUT2D eigenvalue weighted by molar-refractivity contribution is 0.160. The highest BCUT2D eigenvalue weighted by Gasteiger charge is 2.10. The van der Waals surface area contributed by atoms with E-state index in [9.17, 15) is 0 Å². The van der Waals surface area contributed by atoms with Crippen LogP contribution in [0.5, 0.6) is 0 Å². The maximum atomic E-state index is 2.49. The standard InChI is InChI=1S/C7H16N2.C4H8.C3H8/c1-3-9-6-4-8(2)5-7-9;1-3-4-2;1-3-2/h3-7H2,1-2H3;3-4H,1-2H3;3H2,1-2H3/b;4-3+;. The molecule has 0 aliphatic carbocycles. The molecule has 1 aliphatic rings. The van der Waals surface area contributed by atoms with E-state index in [-0.39, 0.29) is 0 Å². The summed E-state index contributed by atoms with van der Waals surface area (Å²) in [6, 6.07) is 0. The van der Waals surface area contributed by atoms with Crippen LogP contribution in [0.2, 0.25) is 0 Å². The number of likely N-dealkylation sites (N-methyl/N-ethyl adjacent to an activating group) is 2. The van der Waals surface area contributed by atoms with Crippen LogP contribution in [-0.2, 0) is 0 Å². The van der Waals surface area contributed by atoms with E-state index in [0.717, 1.165) is 0 Å². The molecule has 2 heteroatoms. The van der Waals surface area contributed by atoms with E-state index in [4.69, 9.17) is 0 Å². The van der Waals surface area contributed by atoms with Crippen molar-refractivity contribution in [1.29, 1.82) is 0 Å². The van der Waals surface area contributed by atoms with Crippen molar-refractivity contribution < 1.29 is 0 Å². The van der Waals surface area contributed by atoms with Crippen LogP contribution in [0, 0.1) is 0 Å². The van der Waals surface area contributed by atoms with Crippen LogP contribution < -0.4 is 0 Å². The Morgan fingerprint density at radius 3 is 1.50 bits per heavy atom. The Bertz CT molecular complexity index is 132. The Morgan fingerprint density at radius 1 is 0.875 bits per heavy atom. The molecule has 0 N–H and O–H groups in total. The van der Waals surface area contributed by atoms with Gasteiger partial charge in [0.2, 0.25) is 0 Å². The van der Waals surface area contributed by atoms with Gasteiger partial charge in [-0.15, -0.1) is 0 Å². The number of rotatable bonds is 1. The fourth-order valence-corrected chi connectivity index (χ4v) is 1.16. The van der Waals surface area contributed by atoms with Crippen LogP contribution in [0.3, 0.4) is 0 Å². The Hall–Kier alpha value is -0.340. The van der Waals surface area contributed by atoms with E-state index in [2.05, 4.69) is 37.6 Å². The first-order valence-corrected chi connectivity index (χ1v) is 6.64. The van der Waals surface area contributed by atoms with Crippen molar-refractivity contribution in [2.24, 2.45) is 0 Å². The number of piperazine rings is 1. The highest BCUT2D eigenvalue weighted by Crippen LogP contribution is 1.96. The van der Waals surface area contributed by atoms with Crippen molar-refractivity contribution in [3.05, 3.63) is 12.2 Å². The fraction of sp³-hybridized carbons (Fsp3) is 0.857. The number of nitrogens with zero attached hydrogens (tertiary/aromatic N) is 2. The zero-order valence-electron chi connectivity index (χ0n) is 12.3. The molecule has 1 fully saturated rings. The Labute approximate surface area is 103 Å². The van der Waals surface area contributed by atoms with Gasteiger partial charge in [0.25, 0.3) is 0 Å². The molecule has 0 radical (unpaired) electrons. The number of hydrogen-bond donors (Lipinski definition) is 0. The van der Waals surface area contributed by atoms with Crippen LogP contribution in [0.25, 0.3) is 0 Å². The summed E-state index contributed by atoms with van der Waals surface area (Å²) in [4.78, 5) is 4.87. The average Bonchev–Trinajstić information content (AvgIpc) is 2.31. The summed E-state index contributed by atoms with van der Waals surface area (Å²) in [5.74, 6) is 0. The van der Waals surface area contributed by atoms with Crippen LogP contribution in [0.1, 0.15) is 41.0 Å². The predicted molar refractivity (Wildman–Crippen MR) is 76.1 cm³/mol. The van der Waals surface area contributed by atoms with Gasteiger partial charge >= 0.3 is 0 Å². The smallest absolute Gasteiger partial charge is 0.0110 e. The van der Waals surface area contributed by atoms with Gasteiger partial charge in [-0.1, -0.05) is 39.3 Å². The molecule has 98 valence electrons. The van der Waals surface area contributed by atoms with Gasteiger partial charge in [0.05, 0.1) is 0 Å². The summed E-state index contributed by atoms with van der Waals surface area (Å²) in [6.45, 7) is 16.7. The molecule has 1 saturated heterocycles. The Kier molecular flexibility index (Phi) is 16.5. The van der Waals surface area contributed by atoms with Gasteiger partial charge in [-0.05, 0) is 27.4 Å². The third kappa shape index (κ3) is 13.7.